The van der Waals surface area contributed by atoms with Crippen molar-refractivity contribution in [3.8, 4) is 0 Å². The van der Waals surface area contributed by atoms with Crippen molar-refractivity contribution in [2.24, 2.45) is 0 Å². The quantitative estimate of drug-likeness (QED) is 0.629. The van der Waals surface area contributed by atoms with Crippen molar-refractivity contribution >= 4 is 17.4 Å². The van der Waals surface area contributed by atoms with E-state index in [0.29, 0.717) is 17.8 Å². The summed E-state index contributed by atoms with van der Waals surface area (Å²) < 4.78 is 0. The summed E-state index contributed by atoms with van der Waals surface area (Å²) in [6.45, 7) is 3.61. The number of hydrogen-bond donors (Lipinski definition) is 1. The fourth-order valence-electron chi connectivity index (χ4n) is 1.35. The van der Waals surface area contributed by atoms with Gasteiger partial charge < -0.3 is 5.32 Å². The van der Waals surface area contributed by atoms with Gasteiger partial charge >= 0.3 is 0 Å². The number of rotatable bonds is 5. The van der Waals surface area contributed by atoms with Gasteiger partial charge in [0.25, 0.3) is 5.69 Å². The molecule has 0 aromatic carbocycles. The van der Waals surface area contributed by atoms with Crippen LogP contribution in [0.4, 0.5) is 11.5 Å². The van der Waals surface area contributed by atoms with Gasteiger partial charge in [-0.05, 0) is 19.4 Å². The molecule has 0 unspecified atom stereocenters. The predicted molar refractivity (Wildman–Crippen MR) is 63.8 cm³/mol. The second kappa shape index (κ2) is 5.93. The molecule has 1 aromatic heterocycles. The Bertz CT molecular complexity index is 432. The van der Waals surface area contributed by atoms with Gasteiger partial charge in [-0.2, -0.15) is 0 Å². The molecular weight excluding hydrogens is 222 g/mol. The van der Waals surface area contributed by atoms with E-state index in [1.165, 1.54) is 6.07 Å². The summed E-state index contributed by atoms with van der Waals surface area (Å²) >= 11 is 0. The molecule has 1 amide bonds. The van der Waals surface area contributed by atoms with Crippen molar-refractivity contribution in [1.29, 1.82) is 0 Å². The first-order valence-corrected chi connectivity index (χ1v) is 5.45. The van der Waals surface area contributed by atoms with Gasteiger partial charge in [-0.1, -0.05) is 13.3 Å². The van der Waals surface area contributed by atoms with E-state index in [2.05, 4.69) is 10.3 Å². The van der Waals surface area contributed by atoms with Gasteiger partial charge in [0.1, 0.15) is 12.0 Å². The maximum absolute atomic E-state index is 11.4. The van der Waals surface area contributed by atoms with Crippen LogP contribution < -0.4 is 5.32 Å². The van der Waals surface area contributed by atoms with E-state index >= 15 is 0 Å². The molecule has 0 atom stereocenters. The van der Waals surface area contributed by atoms with Crippen LogP contribution in [-0.4, -0.2) is 15.8 Å². The first kappa shape index (κ1) is 13.1. The highest BCUT2D eigenvalue weighted by Crippen LogP contribution is 2.18. The Morgan fingerprint density at radius 1 is 1.59 bits per heavy atom. The molecule has 1 rings (SSSR count). The van der Waals surface area contributed by atoms with Crippen LogP contribution in [0.15, 0.2) is 12.3 Å². The molecule has 0 aliphatic carbocycles. The van der Waals surface area contributed by atoms with Gasteiger partial charge in [-0.3, -0.25) is 14.9 Å². The van der Waals surface area contributed by atoms with Crippen LogP contribution in [0.3, 0.4) is 0 Å². The predicted octanol–water partition coefficient (Wildman–Crippen LogP) is 2.43. The first-order valence-electron chi connectivity index (χ1n) is 5.45. The summed E-state index contributed by atoms with van der Waals surface area (Å²) in [6, 6.07) is 1.50. The number of amides is 1. The zero-order valence-electron chi connectivity index (χ0n) is 9.90. The second-order valence-corrected chi connectivity index (χ2v) is 3.76. The lowest BCUT2D eigenvalue weighted by Crippen LogP contribution is -2.12. The van der Waals surface area contributed by atoms with Gasteiger partial charge in [-0.25, -0.2) is 4.98 Å². The highest BCUT2D eigenvalue weighted by atomic mass is 16.6. The molecule has 0 saturated carbocycles. The van der Waals surface area contributed by atoms with Crippen LogP contribution in [0.1, 0.15) is 31.7 Å². The molecule has 92 valence electrons. The molecule has 6 heteroatoms. The molecule has 0 spiro atoms. The van der Waals surface area contributed by atoms with Crippen LogP contribution in [0.25, 0.3) is 0 Å². The van der Waals surface area contributed by atoms with Gasteiger partial charge in [-0.15, -0.1) is 0 Å². The number of unbranched alkanes of at least 4 members (excludes halogenated alkanes) is 1. The number of anilines is 1. The Hall–Kier alpha value is -1.98. The number of aromatic nitrogens is 1. The minimum atomic E-state index is -0.495. The van der Waals surface area contributed by atoms with Crippen LogP contribution in [0.2, 0.25) is 0 Å². The number of carbonyl (C=O) groups excluding carboxylic acids is 1. The third-order valence-corrected chi connectivity index (χ3v) is 2.30. The molecule has 0 radical (unpaired) electrons. The number of hydrogen-bond acceptors (Lipinski definition) is 4. The molecule has 0 aliphatic heterocycles. The Balaban J connectivity index is 2.70. The lowest BCUT2D eigenvalue weighted by molar-refractivity contribution is -0.385. The summed E-state index contributed by atoms with van der Waals surface area (Å²) in [7, 11) is 0. The normalized spacial score (nSPS) is 10.0. The van der Waals surface area contributed by atoms with Crippen molar-refractivity contribution in [3.63, 3.8) is 0 Å². The summed E-state index contributed by atoms with van der Waals surface area (Å²) in [5.74, 6) is 0.238. The lowest BCUT2D eigenvalue weighted by atomic mass is 10.2. The maximum atomic E-state index is 11.4. The van der Waals surface area contributed by atoms with Crippen molar-refractivity contribution in [1.82, 2.24) is 4.98 Å². The fraction of sp³-hybridized carbons (Fsp3) is 0.455. The maximum Gasteiger partial charge on any atom is 0.290 e. The summed E-state index contributed by atoms with van der Waals surface area (Å²) in [6.07, 6.45) is 3.36. The number of aryl methyl sites for hydroxylation is 1. The van der Waals surface area contributed by atoms with Crippen LogP contribution in [-0.2, 0) is 4.79 Å². The highest BCUT2D eigenvalue weighted by Gasteiger charge is 2.12. The zero-order valence-corrected chi connectivity index (χ0v) is 9.90. The third kappa shape index (κ3) is 3.82. The van der Waals surface area contributed by atoms with E-state index in [9.17, 15) is 14.9 Å². The number of carbonyl (C=O) groups is 1. The van der Waals surface area contributed by atoms with Gasteiger partial charge in [0, 0.05) is 12.0 Å². The average Bonchev–Trinajstić information content (AvgIpc) is 2.26. The molecule has 0 aliphatic rings. The minimum Gasteiger partial charge on any atom is -0.311 e. The Morgan fingerprint density at radius 2 is 2.29 bits per heavy atom. The van der Waals surface area contributed by atoms with E-state index in [1.807, 2.05) is 6.92 Å². The van der Waals surface area contributed by atoms with Crippen molar-refractivity contribution in [3.05, 3.63) is 27.9 Å². The summed E-state index contributed by atoms with van der Waals surface area (Å²) in [5, 5.41) is 13.2. The highest BCUT2D eigenvalue weighted by molar-refractivity contribution is 5.89. The topological polar surface area (TPSA) is 85.1 Å². The summed E-state index contributed by atoms with van der Waals surface area (Å²) in [5.41, 5.74) is 0.437. The zero-order chi connectivity index (χ0) is 12.8. The Kier molecular flexibility index (Phi) is 4.56. The number of nitrogens with zero attached hydrogens (tertiary/aromatic N) is 2. The lowest BCUT2D eigenvalue weighted by Gasteiger charge is -2.04. The van der Waals surface area contributed by atoms with Gasteiger partial charge in [0.2, 0.25) is 5.91 Å². The Morgan fingerprint density at radius 3 is 2.82 bits per heavy atom. The van der Waals surface area contributed by atoms with E-state index in [0.717, 1.165) is 19.0 Å². The molecule has 1 heterocycles. The van der Waals surface area contributed by atoms with Crippen LogP contribution >= 0.6 is 0 Å². The SMILES string of the molecule is CCCCC(=O)Nc1cc(C)c([N+](=O)[O-])cn1. The molecule has 1 aromatic rings. The molecule has 17 heavy (non-hydrogen) atoms. The van der Waals surface area contributed by atoms with E-state index in [4.69, 9.17) is 0 Å². The monoisotopic (exact) mass is 237 g/mol. The Labute approximate surface area is 99.2 Å². The molecule has 0 bridgehead atoms. The molecular formula is C11H15N3O3. The number of nitrogens with one attached hydrogen (secondary N) is 1. The molecule has 1 N–H and O–H groups in total. The van der Waals surface area contributed by atoms with E-state index in [-0.39, 0.29) is 11.6 Å². The van der Waals surface area contributed by atoms with Crippen molar-refractivity contribution in [2.45, 2.75) is 33.1 Å². The van der Waals surface area contributed by atoms with Crippen LogP contribution in [0, 0.1) is 17.0 Å². The van der Waals surface area contributed by atoms with Crippen LogP contribution in [0.5, 0.6) is 0 Å². The smallest absolute Gasteiger partial charge is 0.290 e. The summed E-state index contributed by atoms with van der Waals surface area (Å²) in [4.78, 5) is 25.3. The number of pyridine rings is 1. The van der Waals surface area contributed by atoms with Crippen molar-refractivity contribution in [2.75, 3.05) is 5.32 Å². The van der Waals surface area contributed by atoms with E-state index < -0.39 is 4.92 Å². The van der Waals surface area contributed by atoms with Gasteiger partial charge in [0.05, 0.1) is 4.92 Å². The van der Waals surface area contributed by atoms with E-state index in [1.54, 1.807) is 6.92 Å². The number of nitro groups is 1. The molecule has 6 nitrogen and oxygen atoms in total. The average molecular weight is 237 g/mol. The fourth-order valence-corrected chi connectivity index (χ4v) is 1.35. The second-order valence-electron chi connectivity index (χ2n) is 3.76. The van der Waals surface area contributed by atoms with Gasteiger partial charge in [0.15, 0.2) is 0 Å². The molecule has 0 saturated heterocycles. The molecule has 0 fully saturated rings. The van der Waals surface area contributed by atoms with Crippen molar-refractivity contribution < 1.29 is 9.72 Å². The first-order chi connectivity index (χ1) is 8.04. The largest absolute Gasteiger partial charge is 0.311 e. The minimum absolute atomic E-state index is 0.0449. The third-order valence-electron chi connectivity index (χ3n) is 2.30. The standard InChI is InChI=1S/C11H15N3O3/c1-3-4-5-11(15)13-10-6-8(2)9(7-12-10)14(16)17/h6-7H,3-5H2,1-2H3,(H,12,13,15).